The quantitative estimate of drug-likeness (QED) is 0.328. The molecule has 0 aliphatic carbocycles. The highest BCUT2D eigenvalue weighted by atomic mass is 35.5. The van der Waals surface area contributed by atoms with E-state index in [1.165, 1.54) is 0 Å². The van der Waals surface area contributed by atoms with Crippen LogP contribution in [0.4, 0.5) is 5.69 Å². The van der Waals surface area contributed by atoms with Crippen LogP contribution in [0.15, 0.2) is 77.2 Å². The van der Waals surface area contributed by atoms with Crippen LogP contribution in [0.5, 0.6) is 0 Å². The molecule has 0 aliphatic heterocycles. The largest absolute Gasteiger partial charge is 0.451 e. The van der Waals surface area contributed by atoms with E-state index in [4.69, 9.17) is 27.6 Å². The van der Waals surface area contributed by atoms with Gasteiger partial charge in [0, 0.05) is 11.3 Å². The fraction of sp³-hybridized carbons (Fsp3) is 0.0417. The summed E-state index contributed by atoms with van der Waals surface area (Å²) in [7, 11) is 0. The fourth-order valence-electron chi connectivity index (χ4n) is 3.24. The molecule has 6 nitrogen and oxygen atoms in total. The third kappa shape index (κ3) is 3.98. The molecule has 0 atom stereocenters. The van der Waals surface area contributed by atoms with E-state index in [2.05, 4.69) is 15.5 Å². The number of benzene rings is 3. The summed E-state index contributed by atoms with van der Waals surface area (Å²) >= 11 is 12.0. The zero-order valence-corrected chi connectivity index (χ0v) is 18.4. The maximum absolute atomic E-state index is 12.7. The van der Waals surface area contributed by atoms with E-state index in [-0.39, 0.29) is 11.7 Å². The first-order chi connectivity index (χ1) is 15.5. The SMILES string of the molecule is Cc1ccc(-n2nc3ccc(NC(=O)c4ccc(-c5ccc(Cl)c(Cl)c5)o4)cc3n2)cc1. The maximum Gasteiger partial charge on any atom is 0.291 e. The van der Waals surface area contributed by atoms with E-state index < -0.39 is 0 Å². The van der Waals surface area contributed by atoms with E-state index in [1.807, 2.05) is 37.3 Å². The molecular formula is C24H16Cl2N4O2. The summed E-state index contributed by atoms with van der Waals surface area (Å²) < 4.78 is 5.71. The van der Waals surface area contributed by atoms with Gasteiger partial charge in [-0.25, -0.2) is 0 Å². The van der Waals surface area contributed by atoms with Crippen molar-refractivity contribution in [1.29, 1.82) is 0 Å². The second-order valence-electron chi connectivity index (χ2n) is 7.28. The van der Waals surface area contributed by atoms with E-state index in [0.29, 0.717) is 27.0 Å². The number of anilines is 1. The number of furan rings is 1. The zero-order chi connectivity index (χ0) is 22.2. The van der Waals surface area contributed by atoms with E-state index in [1.54, 1.807) is 47.3 Å². The van der Waals surface area contributed by atoms with Crippen LogP contribution < -0.4 is 5.32 Å². The first-order valence-corrected chi connectivity index (χ1v) is 10.5. The number of hydrogen-bond acceptors (Lipinski definition) is 4. The highest BCUT2D eigenvalue weighted by molar-refractivity contribution is 6.42. The number of carbonyl (C=O) groups excluding carboxylic acids is 1. The number of rotatable bonds is 4. The van der Waals surface area contributed by atoms with Crippen LogP contribution in [0.3, 0.4) is 0 Å². The Labute approximate surface area is 193 Å². The normalized spacial score (nSPS) is 11.1. The topological polar surface area (TPSA) is 73.0 Å². The average Bonchev–Trinajstić information content (AvgIpc) is 3.43. The first-order valence-electron chi connectivity index (χ1n) is 9.77. The molecule has 158 valence electrons. The molecule has 0 fully saturated rings. The molecule has 0 bridgehead atoms. The minimum Gasteiger partial charge on any atom is -0.451 e. The second-order valence-corrected chi connectivity index (χ2v) is 8.09. The van der Waals surface area contributed by atoms with Crippen molar-refractivity contribution >= 4 is 45.8 Å². The van der Waals surface area contributed by atoms with Gasteiger partial charge in [0.05, 0.1) is 15.7 Å². The standard InChI is InChI=1S/C24H16Cl2N4O2/c1-14-2-6-17(7-3-14)30-28-20-9-5-16(13-21(20)29-30)27-24(31)23-11-10-22(32-23)15-4-8-18(25)19(26)12-15/h2-13H,1H3,(H,27,31). The second kappa shape index (κ2) is 8.15. The Kier molecular flexibility index (Phi) is 5.17. The van der Waals surface area contributed by atoms with Gasteiger partial charge in [-0.05, 0) is 67.6 Å². The number of nitrogens with zero attached hydrogens (tertiary/aromatic N) is 3. The monoisotopic (exact) mass is 462 g/mol. The molecule has 3 aromatic carbocycles. The zero-order valence-electron chi connectivity index (χ0n) is 16.8. The molecule has 0 saturated carbocycles. The van der Waals surface area contributed by atoms with Gasteiger partial charge in [-0.3, -0.25) is 4.79 Å². The molecule has 2 heterocycles. The van der Waals surface area contributed by atoms with Crippen molar-refractivity contribution in [3.05, 3.63) is 94.2 Å². The lowest BCUT2D eigenvalue weighted by Gasteiger charge is -2.03. The summed E-state index contributed by atoms with van der Waals surface area (Å²) in [5.74, 6) is 0.321. The molecule has 0 unspecified atom stereocenters. The lowest BCUT2D eigenvalue weighted by molar-refractivity contribution is 0.0997. The number of amides is 1. The average molecular weight is 463 g/mol. The number of aromatic nitrogens is 3. The minimum atomic E-state index is -0.374. The van der Waals surface area contributed by atoms with Crippen LogP contribution in [0, 0.1) is 6.92 Å². The highest BCUT2D eigenvalue weighted by Gasteiger charge is 2.14. The van der Waals surface area contributed by atoms with Crippen molar-refractivity contribution < 1.29 is 9.21 Å². The summed E-state index contributed by atoms with van der Waals surface area (Å²) in [6.45, 7) is 2.03. The van der Waals surface area contributed by atoms with Crippen molar-refractivity contribution in [3.63, 3.8) is 0 Å². The molecule has 0 aliphatic rings. The van der Waals surface area contributed by atoms with Gasteiger partial charge in [-0.2, -0.15) is 4.80 Å². The Morgan fingerprint density at radius 1 is 0.875 bits per heavy atom. The number of fused-ring (bicyclic) bond motifs is 1. The van der Waals surface area contributed by atoms with Crippen LogP contribution in [0.25, 0.3) is 28.0 Å². The van der Waals surface area contributed by atoms with Gasteiger partial charge in [-0.1, -0.05) is 40.9 Å². The van der Waals surface area contributed by atoms with Gasteiger partial charge in [-0.15, -0.1) is 10.2 Å². The van der Waals surface area contributed by atoms with Crippen molar-refractivity contribution in [2.45, 2.75) is 6.92 Å². The minimum absolute atomic E-state index is 0.175. The first kappa shape index (κ1) is 20.3. The lowest BCUT2D eigenvalue weighted by Crippen LogP contribution is -2.10. The van der Waals surface area contributed by atoms with Gasteiger partial charge in [0.15, 0.2) is 5.76 Å². The van der Waals surface area contributed by atoms with E-state index >= 15 is 0 Å². The van der Waals surface area contributed by atoms with Gasteiger partial charge in [0.25, 0.3) is 5.91 Å². The van der Waals surface area contributed by atoms with Crippen LogP contribution in [-0.4, -0.2) is 20.9 Å². The van der Waals surface area contributed by atoms with Gasteiger partial charge < -0.3 is 9.73 Å². The van der Waals surface area contributed by atoms with E-state index in [0.717, 1.165) is 22.3 Å². The molecule has 1 N–H and O–H groups in total. The Morgan fingerprint density at radius 2 is 1.66 bits per heavy atom. The van der Waals surface area contributed by atoms with Gasteiger partial charge in [0.1, 0.15) is 16.8 Å². The molecule has 5 rings (SSSR count). The number of hydrogen-bond donors (Lipinski definition) is 1. The fourth-order valence-corrected chi connectivity index (χ4v) is 3.54. The van der Waals surface area contributed by atoms with Crippen molar-refractivity contribution in [2.75, 3.05) is 5.32 Å². The Hall–Kier alpha value is -3.61. The summed E-state index contributed by atoms with van der Waals surface area (Å²) in [6, 6.07) is 21.8. The lowest BCUT2D eigenvalue weighted by atomic mass is 10.2. The molecule has 0 saturated heterocycles. The summed E-state index contributed by atoms with van der Waals surface area (Å²) in [5, 5.41) is 12.7. The van der Waals surface area contributed by atoms with Crippen molar-refractivity contribution in [1.82, 2.24) is 15.0 Å². The van der Waals surface area contributed by atoms with Crippen LogP contribution in [-0.2, 0) is 0 Å². The van der Waals surface area contributed by atoms with E-state index in [9.17, 15) is 4.79 Å². The predicted octanol–water partition coefficient (Wildman–Crippen LogP) is 6.55. The molecule has 1 amide bonds. The number of aryl methyl sites for hydroxylation is 1. The smallest absolute Gasteiger partial charge is 0.291 e. The molecule has 32 heavy (non-hydrogen) atoms. The third-order valence-corrected chi connectivity index (χ3v) is 5.68. The molecule has 5 aromatic rings. The Morgan fingerprint density at radius 3 is 2.44 bits per heavy atom. The number of nitrogens with one attached hydrogen (secondary N) is 1. The Bertz CT molecular complexity index is 1450. The summed E-state index contributed by atoms with van der Waals surface area (Å²) in [6.07, 6.45) is 0. The van der Waals surface area contributed by atoms with Crippen LogP contribution in [0.2, 0.25) is 10.0 Å². The molecule has 2 aromatic heterocycles. The van der Waals surface area contributed by atoms with Gasteiger partial charge >= 0.3 is 0 Å². The maximum atomic E-state index is 12.7. The number of carbonyl (C=O) groups is 1. The third-order valence-electron chi connectivity index (χ3n) is 4.94. The number of halogens is 2. The highest BCUT2D eigenvalue weighted by Crippen LogP contribution is 2.30. The summed E-state index contributed by atoms with van der Waals surface area (Å²) in [4.78, 5) is 14.3. The molecule has 0 radical (unpaired) electrons. The van der Waals surface area contributed by atoms with Crippen LogP contribution >= 0.6 is 23.2 Å². The summed E-state index contributed by atoms with van der Waals surface area (Å²) in [5.41, 5.74) is 4.74. The predicted molar refractivity (Wildman–Crippen MR) is 126 cm³/mol. The van der Waals surface area contributed by atoms with Crippen molar-refractivity contribution in [2.24, 2.45) is 0 Å². The van der Waals surface area contributed by atoms with Crippen LogP contribution in [0.1, 0.15) is 16.1 Å². The Balaban J connectivity index is 1.36. The molecule has 8 heteroatoms. The van der Waals surface area contributed by atoms with Gasteiger partial charge in [0.2, 0.25) is 0 Å². The molecule has 0 spiro atoms. The molecular weight excluding hydrogens is 447 g/mol. The van der Waals surface area contributed by atoms with Crippen molar-refractivity contribution in [3.8, 4) is 17.0 Å².